The molecule has 0 heteroatoms. The number of hydrogen-bond donors (Lipinski definition) is 0. The van der Waals surface area contributed by atoms with Crippen LogP contribution in [-0.4, -0.2) is 0 Å². The van der Waals surface area contributed by atoms with E-state index in [4.69, 9.17) is 0 Å². The third-order valence-electron chi connectivity index (χ3n) is 2.77. The molecule has 0 spiro atoms. The molecule has 16 heavy (non-hydrogen) atoms. The van der Waals surface area contributed by atoms with Crippen LogP contribution in [0.5, 0.6) is 0 Å². The summed E-state index contributed by atoms with van der Waals surface area (Å²) in [5, 5.41) is 0. The van der Waals surface area contributed by atoms with Gasteiger partial charge in [-0.3, -0.25) is 0 Å². The summed E-state index contributed by atoms with van der Waals surface area (Å²) in [4.78, 5) is 0. The zero-order valence-corrected chi connectivity index (χ0v) is 9.83. The second kappa shape index (κ2) is 4.36. The van der Waals surface area contributed by atoms with Crippen molar-refractivity contribution in [1.82, 2.24) is 0 Å². The maximum Gasteiger partial charge on any atom is -0.0181 e. The minimum absolute atomic E-state index is 1.09. The van der Waals surface area contributed by atoms with Gasteiger partial charge in [-0.15, -0.1) is 0 Å². The van der Waals surface area contributed by atoms with Gasteiger partial charge >= 0.3 is 0 Å². The molecule has 0 saturated heterocycles. The standard InChI is InChI=1S/C16H16/c1-12-7-9-15(10-8-12)14(3)16-6-4-5-13(2)11-16/h4-11H,3H2,1-2H3. The first-order valence-electron chi connectivity index (χ1n) is 5.50. The monoisotopic (exact) mass is 208 g/mol. The molecule has 0 amide bonds. The van der Waals surface area contributed by atoms with E-state index in [1.54, 1.807) is 0 Å². The Bertz CT molecular complexity index is 504. The third-order valence-corrected chi connectivity index (χ3v) is 2.77. The normalized spacial score (nSPS) is 10.1. The van der Waals surface area contributed by atoms with Crippen molar-refractivity contribution in [3.05, 3.63) is 77.4 Å². The van der Waals surface area contributed by atoms with Crippen LogP contribution in [-0.2, 0) is 0 Å². The Labute approximate surface area is 97.3 Å². The molecule has 0 atom stereocenters. The van der Waals surface area contributed by atoms with Gasteiger partial charge in [0.15, 0.2) is 0 Å². The Balaban J connectivity index is 2.35. The van der Waals surface area contributed by atoms with Crippen LogP contribution in [0.3, 0.4) is 0 Å². The van der Waals surface area contributed by atoms with Crippen molar-refractivity contribution in [2.75, 3.05) is 0 Å². The van der Waals surface area contributed by atoms with Gasteiger partial charge in [0, 0.05) is 0 Å². The Morgan fingerprint density at radius 1 is 0.812 bits per heavy atom. The van der Waals surface area contributed by atoms with Crippen molar-refractivity contribution in [2.24, 2.45) is 0 Å². The highest BCUT2D eigenvalue weighted by Crippen LogP contribution is 2.22. The molecule has 2 aromatic carbocycles. The Hall–Kier alpha value is -1.82. The van der Waals surface area contributed by atoms with Crippen molar-refractivity contribution >= 4 is 5.57 Å². The van der Waals surface area contributed by atoms with E-state index in [9.17, 15) is 0 Å². The van der Waals surface area contributed by atoms with Gasteiger partial charge in [-0.25, -0.2) is 0 Å². The molecule has 0 aliphatic carbocycles. The zero-order valence-electron chi connectivity index (χ0n) is 9.83. The molecule has 0 N–H and O–H groups in total. The Morgan fingerprint density at radius 3 is 2.12 bits per heavy atom. The summed E-state index contributed by atoms with van der Waals surface area (Å²) in [6.07, 6.45) is 0. The lowest BCUT2D eigenvalue weighted by Gasteiger charge is -2.07. The lowest BCUT2D eigenvalue weighted by atomic mass is 9.98. The quantitative estimate of drug-likeness (QED) is 0.687. The molecule has 0 bridgehead atoms. The second-order valence-electron chi connectivity index (χ2n) is 4.21. The highest BCUT2D eigenvalue weighted by atomic mass is 14.1. The largest absolute Gasteiger partial charge is 0.0906 e. The van der Waals surface area contributed by atoms with Crippen LogP contribution in [0.1, 0.15) is 22.3 Å². The van der Waals surface area contributed by atoms with Crippen molar-refractivity contribution in [3.63, 3.8) is 0 Å². The maximum absolute atomic E-state index is 4.17. The van der Waals surface area contributed by atoms with E-state index in [1.165, 1.54) is 22.3 Å². The van der Waals surface area contributed by atoms with E-state index >= 15 is 0 Å². The molecule has 0 aliphatic heterocycles. The van der Waals surface area contributed by atoms with Gasteiger partial charge in [0.25, 0.3) is 0 Å². The van der Waals surface area contributed by atoms with Gasteiger partial charge in [-0.2, -0.15) is 0 Å². The predicted octanol–water partition coefficient (Wildman–Crippen LogP) is 4.36. The smallest absolute Gasteiger partial charge is 0.0181 e. The van der Waals surface area contributed by atoms with E-state index in [1.807, 2.05) is 0 Å². The number of rotatable bonds is 2. The van der Waals surface area contributed by atoms with E-state index < -0.39 is 0 Å². The summed E-state index contributed by atoms with van der Waals surface area (Å²) < 4.78 is 0. The van der Waals surface area contributed by atoms with Crippen LogP contribution in [0.25, 0.3) is 5.57 Å². The van der Waals surface area contributed by atoms with Gasteiger partial charge in [0.2, 0.25) is 0 Å². The van der Waals surface area contributed by atoms with E-state index in [2.05, 4.69) is 69.0 Å². The van der Waals surface area contributed by atoms with Crippen LogP contribution < -0.4 is 0 Å². The summed E-state index contributed by atoms with van der Waals surface area (Å²) in [5.74, 6) is 0. The Kier molecular flexibility index (Phi) is 2.91. The predicted molar refractivity (Wildman–Crippen MR) is 70.5 cm³/mol. The fourth-order valence-corrected chi connectivity index (χ4v) is 1.75. The molecule has 0 aromatic heterocycles. The lowest BCUT2D eigenvalue weighted by Crippen LogP contribution is -1.87. The third kappa shape index (κ3) is 2.22. The van der Waals surface area contributed by atoms with Gasteiger partial charge in [-0.1, -0.05) is 66.2 Å². The number of hydrogen-bond acceptors (Lipinski definition) is 0. The van der Waals surface area contributed by atoms with Gasteiger partial charge in [0.1, 0.15) is 0 Å². The summed E-state index contributed by atoms with van der Waals surface area (Å²) in [6, 6.07) is 16.9. The minimum atomic E-state index is 1.09. The molecule has 2 aromatic rings. The van der Waals surface area contributed by atoms with Crippen LogP contribution in [0, 0.1) is 13.8 Å². The summed E-state index contributed by atoms with van der Waals surface area (Å²) in [7, 11) is 0. The molecule has 80 valence electrons. The fraction of sp³-hybridized carbons (Fsp3) is 0.125. The fourth-order valence-electron chi connectivity index (χ4n) is 1.75. The SMILES string of the molecule is C=C(c1ccc(C)cc1)c1cccc(C)c1. The first kappa shape index (κ1) is 10.7. The van der Waals surface area contributed by atoms with Gasteiger partial charge in [0.05, 0.1) is 0 Å². The summed E-state index contributed by atoms with van der Waals surface area (Å²) in [5.41, 5.74) is 6.02. The van der Waals surface area contributed by atoms with Crippen LogP contribution in [0.4, 0.5) is 0 Å². The number of aryl methyl sites for hydroxylation is 2. The topological polar surface area (TPSA) is 0 Å². The zero-order chi connectivity index (χ0) is 11.5. The molecule has 2 rings (SSSR count). The van der Waals surface area contributed by atoms with Crippen molar-refractivity contribution in [3.8, 4) is 0 Å². The molecule has 0 radical (unpaired) electrons. The molecule has 0 unspecified atom stereocenters. The van der Waals surface area contributed by atoms with Crippen LogP contribution in [0.15, 0.2) is 55.1 Å². The molecule has 0 nitrogen and oxygen atoms in total. The first-order chi connectivity index (χ1) is 7.66. The number of benzene rings is 2. The molecular weight excluding hydrogens is 192 g/mol. The maximum atomic E-state index is 4.17. The molecule has 0 heterocycles. The van der Waals surface area contributed by atoms with Crippen LogP contribution >= 0.6 is 0 Å². The van der Waals surface area contributed by atoms with Crippen molar-refractivity contribution in [2.45, 2.75) is 13.8 Å². The highest BCUT2D eigenvalue weighted by Gasteiger charge is 2.01. The van der Waals surface area contributed by atoms with Crippen molar-refractivity contribution < 1.29 is 0 Å². The minimum Gasteiger partial charge on any atom is -0.0906 e. The van der Waals surface area contributed by atoms with E-state index in [0.29, 0.717) is 0 Å². The summed E-state index contributed by atoms with van der Waals surface area (Å²) in [6.45, 7) is 8.37. The Morgan fingerprint density at radius 2 is 1.50 bits per heavy atom. The molecule has 0 saturated carbocycles. The van der Waals surface area contributed by atoms with Gasteiger partial charge < -0.3 is 0 Å². The second-order valence-corrected chi connectivity index (χ2v) is 4.21. The average Bonchev–Trinajstić information content (AvgIpc) is 2.29. The average molecular weight is 208 g/mol. The summed E-state index contributed by atoms with van der Waals surface area (Å²) >= 11 is 0. The first-order valence-corrected chi connectivity index (χ1v) is 5.50. The van der Waals surface area contributed by atoms with Crippen LogP contribution in [0.2, 0.25) is 0 Å². The van der Waals surface area contributed by atoms with E-state index in [-0.39, 0.29) is 0 Å². The highest BCUT2D eigenvalue weighted by molar-refractivity contribution is 5.78. The molecule has 0 fully saturated rings. The van der Waals surface area contributed by atoms with Gasteiger partial charge in [-0.05, 0) is 30.5 Å². The van der Waals surface area contributed by atoms with Crippen molar-refractivity contribution in [1.29, 1.82) is 0 Å². The molecular formula is C16H16. The molecule has 0 aliphatic rings. The lowest BCUT2D eigenvalue weighted by molar-refractivity contribution is 1.42. The van der Waals surface area contributed by atoms with E-state index in [0.717, 1.165) is 5.57 Å².